The number of carbonyl (C=O) groups excluding carboxylic acids is 2. The number of ether oxygens (including phenoxy) is 2. The lowest BCUT2D eigenvalue weighted by Gasteiger charge is -2.11. The van der Waals surface area contributed by atoms with Gasteiger partial charge in [0, 0.05) is 29.0 Å². The Bertz CT molecular complexity index is 1040. The van der Waals surface area contributed by atoms with Crippen LogP contribution in [-0.4, -0.2) is 31.6 Å². The molecule has 0 bridgehead atoms. The van der Waals surface area contributed by atoms with E-state index >= 15 is 0 Å². The van der Waals surface area contributed by atoms with Crippen molar-refractivity contribution in [3.63, 3.8) is 0 Å². The number of benzene rings is 3. The van der Waals surface area contributed by atoms with E-state index in [-0.39, 0.29) is 24.3 Å². The molecule has 0 saturated heterocycles. The van der Waals surface area contributed by atoms with E-state index in [0.717, 1.165) is 17.1 Å². The minimum absolute atomic E-state index is 0.0370. The highest BCUT2D eigenvalue weighted by Crippen LogP contribution is 2.18. The Morgan fingerprint density at radius 1 is 0.727 bits per heavy atom. The van der Waals surface area contributed by atoms with Crippen LogP contribution in [0.1, 0.15) is 13.8 Å². The summed E-state index contributed by atoms with van der Waals surface area (Å²) in [5.74, 6) is 1.14. The Balaban J connectivity index is 1.40. The Morgan fingerprint density at radius 2 is 1.36 bits per heavy atom. The van der Waals surface area contributed by atoms with Crippen LogP contribution in [0.4, 0.5) is 17.1 Å². The molecule has 0 radical (unpaired) electrons. The van der Waals surface area contributed by atoms with Crippen molar-refractivity contribution in [1.82, 2.24) is 0 Å². The summed E-state index contributed by atoms with van der Waals surface area (Å²) in [7, 11) is 0. The number of para-hydroxylation sites is 1. The van der Waals surface area contributed by atoms with Crippen molar-refractivity contribution in [1.29, 1.82) is 0 Å². The fourth-order valence-corrected chi connectivity index (χ4v) is 2.84. The van der Waals surface area contributed by atoms with Crippen LogP contribution >= 0.6 is 0 Å². The fraction of sp³-hybridized carbons (Fsp3) is 0.231. The first-order valence-electron chi connectivity index (χ1n) is 10.8. The highest BCUT2D eigenvalue weighted by Gasteiger charge is 2.07. The number of rotatable bonds is 11. The SMILES string of the molecule is CC(C)C(=O)Nc1ccc(NCC(=O)Nc2cccc(OCCOc3ccccc3)c2)cc1. The van der Waals surface area contributed by atoms with E-state index in [1.807, 2.05) is 68.4 Å². The molecule has 0 aliphatic carbocycles. The molecular formula is C26H29N3O4. The summed E-state index contributed by atoms with van der Waals surface area (Å²) in [5.41, 5.74) is 2.15. The predicted molar refractivity (Wildman–Crippen MR) is 131 cm³/mol. The monoisotopic (exact) mass is 447 g/mol. The average Bonchev–Trinajstić information content (AvgIpc) is 2.82. The molecule has 0 aliphatic rings. The summed E-state index contributed by atoms with van der Waals surface area (Å²) in [6.45, 7) is 4.60. The van der Waals surface area contributed by atoms with E-state index in [4.69, 9.17) is 9.47 Å². The highest BCUT2D eigenvalue weighted by molar-refractivity contribution is 5.94. The second-order valence-electron chi connectivity index (χ2n) is 7.66. The third-order valence-electron chi connectivity index (χ3n) is 4.61. The highest BCUT2D eigenvalue weighted by atomic mass is 16.5. The van der Waals surface area contributed by atoms with Crippen molar-refractivity contribution < 1.29 is 19.1 Å². The van der Waals surface area contributed by atoms with Gasteiger partial charge in [0.25, 0.3) is 0 Å². The lowest BCUT2D eigenvalue weighted by Crippen LogP contribution is -2.21. The Labute approximate surface area is 194 Å². The zero-order chi connectivity index (χ0) is 23.5. The van der Waals surface area contributed by atoms with Gasteiger partial charge in [0.05, 0.1) is 6.54 Å². The maximum Gasteiger partial charge on any atom is 0.243 e. The topological polar surface area (TPSA) is 88.7 Å². The molecule has 0 saturated carbocycles. The van der Waals surface area contributed by atoms with Crippen LogP contribution in [-0.2, 0) is 9.59 Å². The lowest BCUT2D eigenvalue weighted by atomic mass is 10.2. The molecule has 0 aromatic heterocycles. The number of anilines is 3. The van der Waals surface area contributed by atoms with E-state index < -0.39 is 0 Å². The predicted octanol–water partition coefficient (Wildman–Crippen LogP) is 4.79. The van der Waals surface area contributed by atoms with Crippen molar-refractivity contribution in [3.05, 3.63) is 78.9 Å². The zero-order valence-electron chi connectivity index (χ0n) is 18.8. The molecule has 0 heterocycles. The number of carbonyl (C=O) groups is 2. The summed E-state index contributed by atoms with van der Waals surface area (Å²) in [6, 6.07) is 24.0. The molecule has 0 fully saturated rings. The van der Waals surface area contributed by atoms with E-state index in [0.29, 0.717) is 24.7 Å². The van der Waals surface area contributed by atoms with E-state index in [9.17, 15) is 9.59 Å². The summed E-state index contributed by atoms with van der Waals surface area (Å²) >= 11 is 0. The van der Waals surface area contributed by atoms with Gasteiger partial charge in [-0.25, -0.2) is 0 Å². The van der Waals surface area contributed by atoms with Gasteiger partial charge in [0.2, 0.25) is 11.8 Å². The van der Waals surface area contributed by atoms with Gasteiger partial charge in [0.1, 0.15) is 24.7 Å². The second-order valence-corrected chi connectivity index (χ2v) is 7.66. The van der Waals surface area contributed by atoms with Crippen molar-refractivity contribution in [3.8, 4) is 11.5 Å². The smallest absolute Gasteiger partial charge is 0.243 e. The van der Waals surface area contributed by atoms with Crippen LogP contribution in [0.25, 0.3) is 0 Å². The van der Waals surface area contributed by atoms with E-state index in [1.165, 1.54) is 0 Å². The molecular weight excluding hydrogens is 418 g/mol. The van der Waals surface area contributed by atoms with Gasteiger partial charge >= 0.3 is 0 Å². The largest absolute Gasteiger partial charge is 0.490 e. The standard InChI is InChI=1S/C26H29N3O4/c1-19(2)26(31)29-21-13-11-20(12-14-21)27-18-25(30)28-22-7-6-10-24(17-22)33-16-15-32-23-8-4-3-5-9-23/h3-14,17,19,27H,15-16,18H2,1-2H3,(H,28,30)(H,29,31). The first-order chi connectivity index (χ1) is 16.0. The van der Waals surface area contributed by atoms with Crippen molar-refractivity contribution in [2.75, 3.05) is 35.7 Å². The Hall–Kier alpha value is -4.00. The molecule has 7 nitrogen and oxygen atoms in total. The molecule has 3 aromatic carbocycles. The summed E-state index contributed by atoms with van der Waals surface area (Å²) in [6.07, 6.45) is 0. The van der Waals surface area contributed by atoms with Crippen LogP contribution in [0.2, 0.25) is 0 Å². The Kier molecular flexibility index (Phi) is 8.71. The van der Waals surface area contributed by atoms with Crippen LogP contribution in [0.15, 0.2) is 78.9 Å². The molecule has 33 heavy (non-hydrogen) atoms. The minimum atomic E-state index is -0.184. The molecule has 0 atom stereocenters. The summed E-state index contributed by atoms with van der Waals surface area (Å²) in [5, 5.41) is 8.75. The maximum atomic E-state index is 12.3. The van der Waals surface area contributed by atoms with Crippen molar-refractivity contribution >= 4 is 28.9 Å². The van der Waals surface area contributed by atoms with Crippen molar-refractivity contribution in [2.45, 2.75) is 13.8 Å². The first kappa shape index (κ1) is 23.7. The third kappa shape index (κ3) is 8.22. The molecule has 7 heteroatoms. The van der Waals surface area contributed by atoms with Gasteiger partial charge in [0.15, 0.2) is 0 Å². The number of amides is 2. The molecule has 0 unspecified atom stereocenters. The molecule has 172 valence electrons. The molecule has 3 rings (SSSR count). The van der Waals surface area contributed by atoms with Gasteiger partial charge in [-0.2, -0.15) is 0 Å². The second kappa shape index (κ2) is 12.1. The maximum absolute atomic E-state index is 12.3. The Morgan fingerprint density at radius 3 is 2.06 bits per heavy atom. The normalized spacial score (nSPS) is 10.4. The number of nitrogens with one attached hydrogen (secondary N) is 3. The van der Waals surface area contributed by atoms with Gasteiger partial charge in [-0.1, -0.05) is 38.1 Å². The number of hydrogen-bond donors (Lipinski definition) is 3. The van der Waals surface area contributed by atoms with Gasteiger partial charge in [-0.05, 0) is 48.5 Å². The minimum Gasteiger partial charge on any atom is -0.490 e. The van der Waals surface area contributed by atoms with Crippen LogP contribution in [0.3, 0.4) is 0 Å². The van der Waals surface area contributed by atoms with Gasteiger partial charge in [-0.15, -0.1) is 0 Å². The quantitative estimate of drug-likeness (QED) is 0.368. The average molecular weight is 448 g/mol. The molecule has 3 N–H and O–H groups in total. The van der Waals surface area contributed by atoms with Gasteiger partial charge < -0.3 is 25.4 Å². The molecule has 2 amide bonds. The van der Waals surface area contributed by atoms with Gasteiger partial charge in [-0.3, -0.25) is 9.59 Å². The van der Waals surface area contributed by atoms with Crippen LogP contribution < -0.4 is 25.4 Å². The molecule has 0 aliphatic heterocycles. The van der Waals surface area contributed by atoms with Crippen molar-refractivity contribution in [2.24, 2.45) is 5.92 Å². The number of hydrogen-bond acceptors (Lipinski definition) is 5. The molecule has 0 spiro atoms. The fourth-order valence-electron chi connectivity index (χ4n) is 2.84. The summed E-state index contributed by atoms with van der Waals surface area (Å²) in [4.78, 5) is 24.1. The first-order valence-corrected chi connectivity index (χ1v) is 10.8. The summed E-state index contributed by atoms with van der Waals surface area (Å²) < 4.78 is 11.3. The van der Waals surface area contributed by atoms with Crippen LogP contribution in [0, 0.1) is 5.92 Å². The lowest BCUT2D eigenvalue weighted by molar-refractivity contribution is -0.119. The van der Waals surface area contributed by atoms with Crippen LogP contribution in [0.5, 0.6) is 11.5 Å². The zero-order valence-corrected chi connectivity index (χ0v) is 18.8. The van der Waals surface area contributed by atoms with E-state index in [1.54, 1.807) is 24.3 Å². The van der Waals surface area contributed by atoms with E-state index in [2.05, 4.69) is 16.0 Å². The molecule has 3 aromatic rings. The third-order valence-corrected chi connectivity index (χ3v) is 4.61.